The van der Waals surface area contributed by atoms with Crippen LogP contribution in [-0.2, 0) is 11.2 Å². The molecule has 0 atom stereocenters. The third kappa shape index (κ3) is 5.03. The fraction of sp³-hybridized carbons (Fsp3) is 0.400. The zero-order valence-corrected chi connectivity index (χ0v) is 11.0. The monoisotopic (exact) mass is 227 g/mol. The van der Waals surface area contributed by atoms with Gasteiger partial charge in [0.1, 0.15) is 13.1 Å². The SMILES string of the molecule is C=C(C)C(=O)C[B]C(C)(C)Cc1ccccc1. The van der Waals surface area contributed by atoms with Crippen molar-refractivity contribution in [3.8, 4) is 0 Å². The Morgan fingerprint density at radius 2 is 1.88 bits per heavy atom. The number of carbonyl (C=O) groups is 1. The normalized spacial score (nSPS) is 11.0. The molecule has 89 valence electrons. The molecule has 0 bridgehead atoms. The van der Waals surface area contributed by atoms with Gasteiger partial charge in [-0.15, -0.1) is 0 Å². The van der Waals surface area contributed by atoms with Crippen LogP contribution in [0.3, 0.4) is 0 Å². The Bertz CT molecular complexity index is 393. The summed E-state index contributed by atoms with van der Waals surface area (Å²) in [7, 11) is 2.09. The molecule has 0 saturated carbocycles. The van der Waals surface area contributed by atoms with Crippen LogP contribution in [0.1, 0.15) is 26.3 Å². The van der Waals surface area contributed by atoms with E-state index in [1.807, 2.05) is 18.2 Å². The maximum absolute atomic E-state index is 11.5. The van der Waals surface area contributed by atoms with Gasteiger partial charge in [0.05, 0.1) is 0 Å². The van der Waals surface area contributed by atoms with Crippen molar-refractivity contribution in [1.82, 2.24) is 0 Å². The van der Waals surface area contributed by atoms with E-state index >= 15 is 0 Å². The molecule has 0 unspecified atom stereocenters. The van der Waals surface area contributed by atoms with E-state index < -0.39 is 0 Å². The Hall–Kier alpha value is -1.31. The molecule has 0 fully saturated rings. The van der Waals surface area contributed by atoms with E-state index in [1.54, 1.807) is 6.92 Å². The average molecular weight is 227 g/mol. The Morgan fingerprint density at radius 3 is 2.41 bits per heavy atom. The van der Waals surface area contributed by atoms with Crippen molar-refractivity contribution in [3.63, 3.8) is 0 Å². The summed E-state index contributed by atoms with van der Waals surface area (Å²) in [5.41, 5.74) is 1.94. The second-order valence-corrected chi connectivity index (χ2v) is 5.26. The number of ketones is 1. The average Bonchev–Trinajstić information content (AvgIpc) is 2.26. The summed E-state index contributed by atoms with van der Waals surface area (Å²) < 4.78 is 0. The molecule has 0 N–H and O–H groups in total. The number of hydrogen-bond donors (Lipinski definition) is 0. The Balaban J connectivity index is 2.52. The van der Waals surface area contributed by atoms with Crippen molar-refractivity contribution in [3.05, 3.63) is 48.0 Å². The van der Waals surface area contributed by atoms with Gasteiger partial charge in [-0.1, -0.05) is 56.1 Å². The van der Waals surface area contributed by atoms with Crippen LogP contribution in [0.25, 0.3) is 0 Å². The second kappa shape index (κ2) is 5.86. The van der Waals surface area contributed by atoms with Crippen molar-refractivity contribution in [1.29, 1.82) is 0 Å². The lowest BCUT2D eigenvalue weighted by molar-refractivity contribution is -0.113. The van der Waals surface area contributed by atoms with E-state index in [0.717, 1.165) is 6.42 Å². The summed E-state index contributed by atoms with van der Waals surface area (Å²) in [6, 6.07) is 10.4. The summed E-state index contributed by atoms with van der Waals surface area (Å²) in [6.07, 6.45) is 1.44. The van der Waals surface area contributed by atoms with Gasteiger partial charge >= 0.3 is 0 Å². The Labute approximate surface area is 105 Å². The third-order valence-corrected chi connectivity index (χ3v) is 2.82. The van der Waals surface area contributed by atoms with Crippen LogP contribution in [0.4, 0.5) is 0 Å². The van der Waals surface area contributed by atoms with E-state index in [2.05, 4.69) is 39.8 Å². The molecular formula is C15H20BO. The van der Waals surface area contributed by atoms with Crippen LogP contribution in [0.15, 0.2) is 42.5 Å². The molecule has 1 aromatic rings. The van der Waals surface area contributed by atoms with E-state index in [9.17, 15) is 4.79 Å². The number of allylic oxidation sites excluding steroid dienone is 1. The van der Waals surface area contributed by atoms with Crippen LogP contribution in [0.2, 0.25) is 11.6 Å². The molecule has 1 rings (SSSR count). The fourth-order valence-corrected chi connectivity index (χ4v) is 1.74. The largest absolute Gasteiger partial charge is 0.295 e. The van der Waals surface area contributed by atoms with Crippen molar-refractivity contribution in [2.75, 3.05) is 0 Å². The van der Waals surface area contributed by atoms with Gasteiger partial charge in [0.25, 0.3) is 0 Å². The van der Waals surface area contributed by atoms with Gasteiger partial charge in [0.15, 0.2) is 0 Å². The minimum absolute atomic E-state index is 0.0342. The summed E-state index contributed by atoms with van der Waals surface area (Å²) in [4.78, 5) is 11.5. The van der Waals surface area contributed by atoms with Crippen LogP contribution in [0.5, 0.6) is 0 Å². The zero-order valence-electron chi connectivity index (χ0n) is 11.0. The predicted molar refractivity (Wildman–Crippen MR) is 74.6 cm³/mol. The number of rotatable bonds is 6. The van der Waals surface area contributed by atoms with E-state index in [1.165, 1.54) is 5.56 Å². The van der Waals surface area contributed by atoms with Crippen molar-refractivity contribution in [2.24, 2.45) is 0 Å². The quantitative estimate of drug-likeness (QED) is 0.535. The van der Waals surface area contributed by atoms with Gasteiger partial charge in [-0.05, 0) is 30.8 Å². The van der Waals surface area contributed by atoms with Crippen LogP contribution in [-0.4, -0.2) is 13.1 Å². The predicted octanol–water partition coefficient (Wildman–Crippen LogP) is 3.70. The number of hydrogen-bond acceptors (Lipinski definition) is 1. The maximum atomic E-state index is 11.5. The number of benzene rings is 1. The Kier molecular flexibility index (Phi) is 4.74. The third-order valence-electron chi connectivity index (χ3n) is 2.82. The zero-order chi connectivity index (χ0) is 12.9. The fourth-order valence-electron chi connectivity index (χ4n) is 1.74. The molecule has 1 nitrogen and oxygen atoms in total. The van der Waals surface area contributed by atoms with Gasteiger partial charge in [0, 0.05) is 0 Å². The van der Waals surface area contributed by atoms with Gasteiger partial charge in [-0.3, -0.25) is 4.79 Å². The van der Waals surface area contributed by atoms with Crippen LogP contribution < -0.4 is 0 Å². The molecular weight excluding hydrogens is 207 g/mol. The lowest BCUT2D eigenvalue weighted by Gasteiger charge is -2.23. The molecule has 2 heteroatoms. The highest BCUT2D eigenvalue weighted by molar-refractivity contribution is 6.46. The number of Topliss-reactive ketones (excluding diaryl/α,β-unsaturated/α-hetero) is 1. The lowest BCUT2D eigenvalue weighted by Crippen LogP contribution is -2.19. The molecule has 0 aromatic heterocycles. The first-order valence-corrected chi connectivity index (χ1v) is 5.98. The molecule has 0 saturated heterocycles. The maximum Gasteiger partial charge on any atom is 0.150 e. The van der Waals surface area contributed by atoms with Crippen molar-refractivity contribution < 1.29 is 4.79 Å². The molecule has 0 aliphatic rings. The van der Waals surface area contributed by atoms with Gasteiger partial charge in [-0.25, -0.2) is 0 Å². The Morgan fingerprint density at radius 1 is 1.29 bits per heavy atom. The molecule has 17 heavy (non-hydrogen) atoms. The highest BCUT2D eigenvalue weighted by Crippen LogP contribution is 2.29. The second-order valence-electron chi connectivity index (χ2n) is 5.26. The lowest BCUT2D eigenvalue weighted by atomic mass is 9.49. The summed E-state index contributed by atoms with van der Waals surface area (Å²) >= 11 is 0. The minimum atomic E-state index is 0.0342. The van der Waals surface area contributed by atoms with Gasteiger partial charge < -0.3 is 0 Å². The minimum Gasteiger partial charge on any atom is -0.295 e. The topological polar surface area (TPSA) is 17.1 Å². The first-order chi connectivity index (χ1) is 7.91. The smallest absolute Gasteiger partial charge is 0.150 e. The highest BCUT2D eigenvalue weighted by Gasteiger charge is 2.21. The van der Waals surface area contributed by atoms with Gasteiger partial charge in [0.2, 0.25) is 0 Å². The highest BCUT2D eigenvalue weighted by atomic mass is 16.1. The summed E-state index contributed by atoms with van der Waals surface area (Å²) in [5.74, 6) is 0.131. The van der Waals surface area contributed by atoms with E-state index in [4.69, 9.17) is 0 Å². The molecule has 1 radical (unpaired) electrons. The molecule has 0 spiro atoms. The molecule has 0 heterocycles. The number of carbonyl (C=O) groups excluding carboxylic acids is 1. The van der Waals surface area contributed by atoms with E-state index in [-0.39, 0.29) is 11.1 Å². The van der Waals surface area contributed by atoms with Crippen molar-refractivity contribution in [2.45, 2.75) is 38.8 Å². The standard InChI is InChI=1S/C15H20BO/c1-12(2)14(17)11-16-15(3,4)10-13-8-6-5-7-9-13/h5-9H,1,10-11H2,2-4H3. The first kappa shape index (κ1) is 13.8. The molecule has 0 aliphatic carbocycles. The molecule has 1 aromatic carbocycles. The summed E-state index contributed by atoms with van der Waals surface area (Å²) in [5, 5.41) is 0.0342. The molecule has 0 amide bonds. The van der Waals surface area contributed by atoms with Crippen LogP contribution >= 0.6 is 0 Å². The van der Waals surface area contributed by atoms with Gasteiger partial charge in [-0.2, -0.15) is 0 Å². The first-order valence-electron chi connectivity index (χ1n) is 5.98. The van der Waals surface area contributed by atoms with Crippen LogP contribution in [0, 0.1) is 0 Å². The summed E-state index contributed by atoms with van der Waals surface area (Å²) in [6.45, 7) is 9.75. The van der Waals surface area contributed by atoms with Crippen molar-refractivity contribution >= 4 is 13.1 Å². The molecule has 0 aliphatic heterocycles. The van der Waals surface area contributed by atoms with E-state index in [0.29, 0.717) is 11.9 Å².